The third-order valence-electron chi connectivity index (χ3n) is 6.04. The number of anilines is 1. The van der Waals surface area contributed by atoms with Crippen LogP contribution in [-0.2, 0) is 4.74 Å². The van der Waals surface area contributed by atoms with Gasteiger partial charge in [-0.2, -0.15) is 10.1 Å². The number of carbonyl (C=O) groups is 1. The molecule has 9 nitrogen and oxygen atoms in total. The second-order valence-corrected chi connectivity index (χ2v) is 8.05. The lowest BCUT2D eigenvalue weighted by Crippen LogP contribution is -2.36. The molecule has 1 amide bonds. The number of nitrogens with zero attached hydrogens (tertiary/aromatic N) is 5. The number of primary amides is 1. The van der Waals surface area contributed by atoms with Gasteiger partial charge in [0.05, 0.1) is 30.2 Å². The third kappa shape index (κ3) is 4.18. The van der Waals surface area contributed by atoms with E-state index in [1.54, 1.807) is 12.3 Å². The Kier molecular flexibility index (Phi) is 5.42. The van der Waals surface area contributed by atoms with Crippen LogP contribution in [0.25, 0.3) is 10.9 Å². The van der Waals surface area contributed by atoms with Gasteiger partial charge in [-0.15, -0.1) is 0 Å². The summed E-state index contributed by atoms with van der Waals surface area (Å²) in [4.78, 5) is 22.9. The number of pyridine rings is 2. The molecular weight excluding hydrogens is 396 g/mol. The Balaban J connectivity index is 1.31. The molecule has 0 aromatic carbocycles. The first-order valence-corrected chi connectivity index (χ1v) is 10.8. The van der Waals surface area contributed by atoms with Gasteiger partial charge in [-0.3, -0.25) is 14.5 Å². The van der Waals surface area contributed by atoms with Gasteiger partial charge >= 0.3 is 0 Å². The fourth-order valence-electron chi connectivity index (χ4n) is 4.33. The van der Waals surface area contributed by atoms with Gasteiger partial charge in [-0.1, -0.05) is 0 Å². The lowest BCUT2D eigenvalue weighted by atomic mass is 9.93. The predicted molar refractivity (Wildman–Crippen MR) is 115 cm³/mol. The molecule has 4 heterocycles. The Morgan fingerprint density at radius 1 is 1.16 bits per heavy atom. The summed E-state index contributed by atoms with van der Waals surface area (Å²) in [5, 5.41) is 5.24. The number of rotatable bonds is 5. The van der Waals surface area contributed by atoms with Crippen molar-refractivity contribution in [2.45, 2.75) is 37.8 Å². The summed E-state index contributed by atoms with van der Waals surface area (Å²) < 4.78 is 13.7. The van der Waals surface area contributed by atoms with Crippen molar-refractivity contribution >= 4 is 22.6 Å². The summed E-state index contributed by atoms with van der Waals surface area (Å²) in [5.74, 6) is 1.03. The topological polar surface area (TPSA) is 108 Å². The number of nitrogens with two attached hydrogens (primary N) is 1. The van der Waals surface area contributed by atoms with E-state index >= 15 is 0 Å². The summed E-state index contributed by atoms with van der Waals surface area (Å²) in [5.41, 5.74) is 6.51. The predicted octanol–water partition coefficient (Wildman–Crippen LogP) is 2.32. The van der Waals surface area contributed by atoms with E-state index in [0.29, 0.717) is 24.8 Å². The molecule has 0 spiro atoms. The van der Waals surface area contributed by atoms with Crippen molar-refractivity contribution in [1.82, 2.24) is 19.7 Å². The van der Waals surface area contributed by atoms with E-state index in [1.165, 1.54) is 0 Å². The number of fused-ring (bicyclic) bond motifs is 1. The Morgan fingerprint density at radius 2 is 1.97 bits per heavy atom. The molecule has 1 saturated carbocycles. The van der Waals surface area contributed by atoms with Crippen LogP contribution >= 0.6 is 0 Å². The first-order chi connectivity index (χ1) is 15.2. The Morgan fingerprint density at radius 3 is 2.71 bits per heavy atom. The summed E-state index contributed by atoms with van der Waals surface area (Å²) in [6, 6.07) is 7.87. The smallest absolute Gasteiger partial charge is 0.269 e. The first kappa shape index (κ1) is 19.7. The molecule has 162 valence electrons. The first-order valence-electron chi connectivity index (χ1n) is 10.8. The molecule has 2 fully saturated rings. The Bertz CT molecular complexity index is 1070. The van der Waals surface area contributed by atoms with Crippen LogP contribution in [0, 0.1) is 0 Å². The highest BCUT2D eigenvalue weighted by Crippen LogP contribution is 2.33. The normalized spacial score (nSPS) is 21.9. The zero-order chi connectivity index (χ0) is 21.2. The summed E-state index contributed by atoms with van der Waals surface area (Å²) in [6.07, 6.45) is 7.33. The number of amides is 1. The quantitative estimate of drug-likeness (QED) is 0.672. The maximum atomic E-state index is 11.3. The van der Waals surface area contributed by atoms with Gasteiger partial charge in [-0.05, 0) is 43.9 Å². The lowest BCUT2D eigenvalue weighted by molar-refractivity contribution is 0.0991. The minimum atomic E-state index is -0.498. The molecular formula is C22H26N6O3. The minimum Gasteiger partial charge on any atom is -0.474 e. The lowest BCUT2D eigenvalue weighted by Gasteiger charge is -2.30. The molecule has 1 aliphatic carbocycles. The molecule has 0 atom stereocenters. The van der Waals surface area contributed by atoms with E-state index in [2.05, 4.69) is 15.0 Å². The number of carbonyl (C=O) groups excluding carboxylic acids is 1. The summed E-state index contributed by atoms with van der Waals surface area (Å²) in [6.45, 7) is 3.03. The molecule has 3 aromatic heterocycles. The van der Waals surface area contributed by atoms with Crippen LogP contribution in [-0.4, -0.2) is 58.1 Å². The highest BCUT2D eigenvalue weighted by atomic mass is 16.5. The van der Waals surface area contributed by atoms with Gasteiger partial charge in [0.2, 0.25) is 5.88 Å². The zero-order valence-electron chi connectivity index (χ0n) is 17.3. The highest BCUT2D eigenvalue weighted by molar-refractivity contribution is 5.90. The molecule has 2 aliphatic rings. The van der Waals surface area contributed by atoms with Crippen molar-refractivity contribution in [2.24, 2.45) is 5.73 Å². The van der Waals surface area contributed by atoms with E-state index in [1.807, 2.05) is 29.1 Å². The van der Waals surface area contributed by atoms with Crippen LogP contribution in [0.3, 0.4) is 0 Å². The molecule has 5 rings (SSSR count). The number of morpholine rings is 1. The van der Waals surface area contributed by atoms with Crippen LogP contribution < -0.4 is 15.4 Å². The molecule has 31 heavy (non-hydrogen) atoms. The van der Waals surface area contributed by atoms with Crippen molar-refractivity contribution in [1.29, 1.82) is 0 Å². The van der Waals surface area contributed by atoms with Crippen LogP contribution in [0.5, 0.6) is 5.88 Å². The highest BCUT2D eigenvalue weighted by Gasteiger charge is 2.26. The fraction of sp³-hybridized carbons (Fsp3) is 0.455. The van der Waals surface area contributed by atoms with Gasteiger partial charge in [0.1, 0.15) is 17.6 Å². The second kappa shape index (κ2) is 8.50. The molecule has 0 radical (unpaired) electrons. The molecule has 9 heteroatoms. The van der Waals surface area contributed by atoms with Gasteiger partial charge in [0.15, 0.2) is 0 Å². The average molecular weight is 422 g/mol. The SMILES string of the molecule is NC(=O)c1ccn(C2CCC(Oc3nc(N4CCOCC4)cc4ncccc34)CC2)n1. The largest absolute Gasteiger partial charge is 0.474 e. The van der Waals surface area contributed by atoms with E-state index in [4.69, 9.17) is 20.2 Å². The Labute approximate surface area is 180 Å². The standard InChI is InChI=1S/C22H26N6O3/c23-21(29)18-7-9-28(26-18)15-3-5-16(6-4-15)31-22-17-2-1-8-24-19(17)14-20(25-22)27-10-12-30-13-11-27/h1-2,7-9,14-16H,3-6,10-13H2,(H2,23,29). The van der Waals surface area contributed by atoms with E-state index in [-0.39, 0.29) is 12.1 Å². The van der Waals surface area contributed by atoms with Crippen molar-refractivity contribution < 1.29 is 14.3 Å². The molecule has 3 aromatic rings. The minimum absolute atomic E-state index is 0.0817. The van der Waals surface area contributed by atoms with Gasteiger partial charge in [0, 0.05) is 31.5 Å². The third-order valence-corrected chi connectivity index (χ3v) is 6.04. The number of ether oxygens (including phenoxy) is 2. The molecule has 1 saturated heterocycles. The summed E-state index contributed by atoms with van der Waals surface area (Å²) in [7, 11) is 0. The molecule has 2 N–H and O–H groups in total. The average Bonchev–Trinajstić information content (AvgIpc) is 3.31. The fourth-order valence-corrected chi connectivity index (χ4v) is 4.33. The van der Waals surface area contributed by atoms with Crippen molar-refractivity contribution in [2.75, 3.05) is 31.2 Å². The van der Waals surface area contributed by atoms with Crippen LogP contribution in [0.1, 0.15) is 42.2 Å². The molecule has 1 aliphatic heterocycles. The zero-order valence-corrected chi connectivity index (χ0v) is 17.3. The van der Waals surface area contributed by atoms with Gasteiger partial charge < -0.3 is 20.1 Å². The van der Waals surface area contributed by atoms with Crippen molar-refractivity contribution in [3.05, 3.63) is 42.4 Å². The number of hydrogen-bond acceptors (Lipinski definition) is 7. The van der Waals surface area contributed by atoms with E-state index in [9.17, 15) is 4.79 Å². The Hall–Kier alpha value is -3.20. The molecule has 0 unspecified atom stereocenters. The molecule has 0 bridgehead atoms. The number of hydrogen-bond donors (Lipinski definition) is 1. The van der Waals surface area contributed by atoms with Crippen molar-refractivity contribution in [3.63, 3.8) is 0 Å². The van der Waals surface area contributed by atoms with Crippen molar-refractivity contribution in [3.8, 4) is 5.88 Å². The van der Waals surface area contributed by atoms with Crippen LogP contribution in [0.15, 0.2) is 36.7 Å². The van der Waals surface area contributed by atoms with E-state index in [0.717, 1.165) is 55.5 Å². The second-order valence-electron chi connectivity index (χ2n) is 8.05. The monoisotopic (exact) mass is 422 g/mol. The summed E-state index contributed by atoms with van der Waals surface area (Å²) >= 11 is 0. The van der Waals surface area contributed by atoms with Crippen LogP contribution in [0.4, 0.5) is 5.82 Å². The van der Waals surface area contributed by atoms with Crippen LogP contribution in [0.2, 0.25) is 0 Å². The maximum Gasteiger partial charge on any atom is 0.269 e. The van der Waals surface area contributed by atoms with E-state index < -0.39 is 5.91 Å². The number of aromatic nitrogens is 4. The maximum absolute atomic E-state index is 11.3. The van der Waals surface area contributed by atoms with Gasteiger partial charge in [0.25, 0.3) is 5.91 Å². The van der Waals surface area contributed by atoms with Gasteiger partial charge in [-0.25, -0.2) is 0 Å².